The van der Waals surface area contributed by atoms with Gasteiger partial charge in [0.1, 0.15) is 11.5 Å². The van der Waals surface area contributed by atoms with Crippen molar-refractivity contribution < 1.29 is 4.39 Å². The summed E-state index contributed by atoms with van der Waals surface area (Å²) >= 11 is 6.03. The van der Waals surface area contributed by atoms with Crippen LogP contribution >= 0.6 is 11.6 Å². The molecule has 0 aliphatic rings. The van der Waals surface area contributed by atoms with Gasteiger partial charge in [0.25, 0.3) is 5.56 Å². The van der Waals surface area contributed by atoms with E-state index < -0.39 is 5.82 Å². The zero-order chi connectivity index (χ0) is 19.7. The predicted octanol–water partition coefficient (Wildman–Crippen LogP) is 3.35. The summed E-state index contributed by atoms with van der Waals surface area (Å²) in [6, 6.07) is 1.87. The maximum atomic E-state index is 13.6. The number of aromatic amines is 2. The highest BCUT2D eigenvalue weighted by atomic mass is 35.5. The zero-order valence-corrected chi connectivity index (χ0v) is 15.6. The van der Waals surface area contributed by atoms with Crippen LogP contribution in [0.15, 0.2) is 41.8 Å². The van der Waals surface area contributed by atoms with Crippen LogP contribution in [-0.4, -0.2) is 24.9 Å². The van der Waals surface area contributed by atoms with Crippen molar-refractivity contribution in [1.29, 1.82) is 0 Å². The molecule has 9 heteroatoms. The van der Waals surface area contributed by atoms with Crippen molar-refractivity contribution in [2.75, 3.05) is 5.32 Å². The second kappa shape index (κ2) is 7.40. The number of fused-ring (bicyclic) bond motifs is 1. The Kier molecular flexibility index (Phi) is 4.79. The first-order valence-electron chi connectivity index (χ1n) is 8.54. The van der Waals surface area contributed by atoms with Crippen molar-refractivity contribution in [3.05, 3.63) is 80.5 Å². The summed E-state index contributed by atoms with van der Waals surface area (Å²) in [6.45, 7) is 1.69. The second-order valence-corrected chi connectivity index (χ2v) is 6.81. The molecular formula is C19H16ClFN6O. The molecule has 0 amide bonds. The van der Waals surface area contributed by atoms with E-state index in [-0.39, 0.29) is 12.1 Å². The molecule has 0 aliphatic carbocycles. The lowest BCUT2D eigenvalue weighted by Gasteiger charge is -2.08. The first kappa shape index (κ1) is 18.1. The van der Waals surface area contributed by atoms with E-state index in [0.29, 0.717) is 28.5 Å². The monoisotopic (exact) mass is 398 g/mol. The molecule has 4 aromatic rings. The van der Waals surface area contributed by atoms with Crippen molar-refractivity contribution in [3.8, 4) is 0 Å². The number of hydrogen-bond acceptors (Lipinski definition) is 5. The van der Waals surface area contributed by atoms with Gasteiger partial charge in [-0.25, -0.2) is 19.3 Å². The van der Waals surface area contributed by atoms with Crippen LogP contribution in [0.3, 0.4) is 0 Å². The SMILES string of the molecule is Cc1c(F)c[nH]c(=O)c1CNc1ncc(Cc2c[nH]c3ncc(Cl)cc23)cn1. The zero-order valence-electron chi connectivity index (χ0n) is 14.9. The molecule has 7 nitrogen and oxygen atoms in total. The molecule has 0 radical (unpaired) electrons. The maximum Gasteiger partial charge on any atom is 0.253 e. The molecule has 4 rings (SSSR count). The highest BCUT2D eigenvalue weighted by molar-refractivity contribution is 6.31. The fourth-order valence-electron chi connectivity index (χ4n) is 2.95. The van der Waals surface area contributed by atoms with Gasteiger partial charge in [-0.05, 0) is 29.7 Å². The number of rotatable bonds is 5. The molecule has 0 atom stereocenters. The minimum absolute atomic E-state index is 0.130. The predicted molar refractivity (Wildman–Crippen MR) is 105 cm³/mol. The molecule has 0 fully saturated rings. The van der Waals surface area contributed by atoms with Crippen molar-refractivity contribution in [2.45, 2.75) is 19.9 Å². The molecule has 4 aromatic heterocycles. The molecule has 0 spiro atoms. The fraction of sp³-hybridized carbons (Fsp3) is 0.158. The lowest BCUT2D eigenvalue weighted by atomic mass is 10.1. The maximum absolute atomic E-state index is 13.6. The summed E-state index contributed by atoms with van der Waals surface area (Å²) in [5.41, 5.74) is 3.00. The van der Waals surface area contributed by atoms with Gasteiger partial charge >= 0.3 is 0 Å². The van der Waals surface area contributed by atoms with Gasteiger partial charge in [0.05, 0.1) is 5.02 Å². The fourth-order valence-corrected chi connectivity index (χ4v) is 3.11. The Bertz CT molecular complexity index is 1200. The molecule has 0 saturated carbocycles. The molecule has 0 aromatic carbocycles. The summed E-state index contributed by atoms with van der Waals surface area (Å²) in [5.74, 6) is -0.101. The topological polar surface area (TPSA) is 99.3 Å². The molecular weight excluding hydrogens is 383 g/mol. The third kappa shape index (κ3) is 3.59. The van der Waals surface area contributed by atoms with E-state index in [4.69, 9.17) is 11.6 Å². The highest BCUT2D eigenvalue weighted by Crippen LogP contribution is 2.22. The minimum Gasteiger partial charge on any atom is -0.350 e. The summed E-state index contributed by atoms with van der Waals surface area (Å²) in [6.07, 6.45) is 8.56. The third-order valence-corrected chi connectivity index (χ3v) is 4.73. The Morgan fingerprint density at radius 2 is 1.93 bits per heavy atom. The number of nitrogens with zero attached hydrogens (tertiary/aromatic N) is 3. The van der Waals surface area contributed by atoms with Crippen LogP contribution in [0.1, 0.15) is 22.3 Å². The largest absolute Gasteiger partial charge is 0.350 e. The Morgan fingerprint density at radius 1 is 1.14 bits per heavy atom. The standard InChI is InChI=1S/C19H16ClFN6O/c1-10-15(18(28)24-9-16(10)21)8-27-19-25-4-11(5-26-19)2-12-6-22-17-14(12)3-13(20)7-23-17/h3-7,9H,2,8H2,1H3,(H,22,23)(H,24,28)(H,25,26,27). The third-order valence-electron chi connectivity index (χ3n) is 4.52. The average Bonchev–Trinajstić information content (AvgIpc) is 3.08. The highest BCUT2D eigenvalue weighted by Gasteiger charge is 2.10. The minimum atomic E-state index is -0.457. The van der Waals surface area contributed by atoms with Crippen LogP contribution in [0.5, 0.6) is 0 Å². The lowest BCUT2D eigenvalue weighted by Crippen LogP contribution is -2.19. The van der Waals surface area contributed by atoms with Gasteiger partial charge < -0.3 is 15.3 Å². The Hall–Kier alpha value is -3.26. The van der Waals surface area contributed by atoms with E-state index in [0.717, 1.165) is 28.4 Å². The summed E-state index contributed by atoms with van der Waals surface area (Å²) in [5, 5.41) is 4.48. The number of hydrogen-bond donors (Lipinski definition) is 3. The van der Waals surface area contributed by atoms with E-state index in [2.05, 4.69) is 30.2 Å². The van der Waals surface area contributed by atoms with Crippen molar-refractivity contribution in [3.63, 3.8) is 0 Å². The van der Waals surface area contributed by atoms with Crippen LogP contribution in [0, 0.1) is 12.7 Å². The lowest BCUT2D eigenvalue weighted by molar-refractivity contribution is 0.606. The smallest absolute Gasteiger partial charge is 0.253 e. The first-order chi connectivity index (χ1) is 13.5. The van der Waals surface area contributed by atoms with Crippen LogP contribution in [0.2, 0.25) is 5.02 Å². The Balaban J connectivity index is 1.48. The van der Waals surface area contributed by atoms with Crippen LogP contribution < -0.4 is 10.9 Å². The molecule has 4 heterocycles. The molecule has 3 N–H and O–H groups in total. The normalized spacial score (nSPS) is 11.1. The summed E-state index contributed by atoms with van der Waals surface area (Å²) < 4.78 is 13.6. The second-order valence-electron chi connectivity index (χ2n) is 6.38. The van der Waals surface area contributed by atoms with Crippen molar-refractivity contribution >= 4 is 28.6 Å². The van der Waals surface area contributed by atoms with Gasteiger partial charge in [0, 0.05) is 54.9 Å². The molecule has 0 aliphatic heterocycles. The van der Waals surface area contributed by atoms with Crippen LogP contribution in [-0.2, 0) is 13.0 Å². The summed E-state index contributed by atoms with van der Waals surface area (Å²) in [4.78, 5) is 30.1. The van der Waals surface area contributed by atoms with E-state index in [1.54, 1.807) is 25.5 Å². The van der Waals surface area contributed by atoms with Gasteiger partial charge in [0.2, 0.25) is 5.95 Å². The number of aromatic nitrogens is 5. The van der Waals surface area contributed by atoms with Crippen molar-refractivity contribution in [1.82, 2.24) is 24.9 Å². The number of halogens is 2. The average molecular weight is 399 g/mol. The van der Waals surface area contributed by atoms with Gasteiger partial charge in [-0.3, -0.25) is 4.79 Å². The van der Waals surface area contributed by atoms with E-state index in [1.165, 1.54) is 0 Å². The quantitative estimate of drug-likeness (QED) is 0.478. The van der Waals surface area contributed by atoms with Crippen molar-refractivity contribution in [2.24, 2.45) is 0 Å². The molecule has 28 heavy (non-hydrogen) atoms. The molecule has 0 unspecified atom stereocenters. The van der Waals surface area contributed by atoms with Gasteiger partial charge in [-0.2, -0.15) is 0 Å². The van der Waals surface area contributed by atoms with Gasteiger partial charge in [-0.15, -0.1) is 0 Å². The van der Waals surface area contributed by atoms with E-state index in [9.17, 15) is 9.18 Å². The molecule has 0 bridgehead atoms. The van der Waals surface area contributed by atoms with E-state index in [1.807, 2.05) is 12.3 Å². The first-order valence-corrected chi connectivity index (χ1v) is 8.92. The Morgan fingerprint density at radius 3 is 2.71 bits per heavy atom. The number of nitrogens with one attached hydrogen (secondary N) is 3. The molecule has 142 valence electrons. The van der Waals surface area contributed by atoms with Gasteiger partial charge in [-0.1, -0.05) is 11.6 Å². The molecule has 0 saturated heterocycles. The number of anilines is 1. The van der Waals surface area contributed by atoms with E-state index >= 15 is 0 Å². The number of pyridine rings is 2. The number of H-pyrrole nitrogens is 2. The van der Waals surface area contributed by atoms with Crippen LogP contribution in [0.4, 0.5) is 10.3 Å². The van der Waals surface area contributed by atoms with Gasteiger partial charge in [0.15, 0.2) is 0 Å². The Labute approximate surface area is 164 Å². The van der Waals surface area contributed by atoms with Crippen LogP contribution in [0.25, 0.3) is 11.0 Å². The summed E-state index contributed by atoms with van der Waals surface area (Å²) in [7, 11) is 0.